The highest BCUT2D eigenvalue weighted by molar-refractivity contribution is 7.89. The second-order valence-corrected chi connectivity index (χ2v) is 11.4. The topological polar surface area (TPSA) is 81.7 Å². The number of benzene rings is 3. The predicted octanol–water partition coefficient (Wildman–Crippen LogP) is 6.08. The van der Waals surface area contributed by atoms with E-state index in [1.807, 2.05) is 0 Å². The van der Waals surface area contributed by atoms with Gasteiger partial charge in [-0.3, -0.25) is 0 Å². The maximum atomic E-state index is 14.3. The maximum Gasteiger partial charge on any atom is 0.453 e. The van der Waals surface area contributed by atoms with Crippen LogP contribution in [0.2, 0.25) is 0 Å². The second-order valence-electron chi connectivity index (χ2n) is 6.70. The largest absolute Gasteiger partial charge is 0.453 e. The first-order valence-corrected chi connectivity index (χ1v) is 13.6. The molecule has 1 heterocycles. The van der Waals surface area contributed by atoms with Gasteiger partial charge in [-0.1, -0.05) is 60.7 Å². The first-order chi connectivity index (χ1) is 15.5. The molecule has 1 aromatic heterocycles. The van der Waals surface area contributed by atoms with Gasteiger partial charge >= 0.3 is 7.60 Å². The first kappa shape index (κ1) is 22.3. The van der Waals surface area contributed by atoms with Gasteiger partial charge in [0.2, 0.25) is 10.0 Å². The highest BCUT2D eigenvalue weighted by Crippen LogP contribution is 2.60. The normalized spacial score (nSPS) is 12.8. The summed E-state index contributed by atoms with van der Waals surface area (Å²) in [6.45, 7) is 0. The van der Waals surface area contributed by atoms with E-state index in [0.29, 0.717) is 16.4 Å². The number of rotatable bonds is 9. The molecule has 0 aliphatic rings. The molecule has 0 saturated carbocycles. The summed E-state index contributed by atoms with van der Waals surface area (Å²) < 4.78 is 54.9. The Hall–Kier alpha value is -2.90. The van der Waals surface area contributed by atoms with Gasteiger partial charge in [-0.2, -0.15) is 4.72 Å². The van der Waals surface area contributed by atoms with Crippen molar-refractivity contribution >= 4 is 29.0 Å². The van der Waals surface area contributed by atoms with Crippen molar-refractivity contribution in [2.24, 2.45) is 0 Å². The zero-order chi connectivity index (χ0) is 22.4. The maximum absolute atomic E-state index is 14.3. The van der Waals surface area contributed by atoms with Gasteiger partial charge < -0.3 is 9.05 Å². The summed E-state index contributed by atoms with van der Waals surface area (Å²) in [6, 6.07) is 28.4. The molecule has 1 N–H and O–H groups in total. The van der Waals surface area contributed by atoms with E-state index in [9.17, 15) is 13.0 Å². The lowest BCUT2D eigenvalue weighted by atomic mass is 10.3. The molecule has 1 atom stereocenters. The van der Waals surface area contributed by atoms with E-state index >= 15 is 0 Å². The van der Waals surface area contributed by atoms with E-state index in [0.717, 1.165) is 0 Å². The Labute approximate surface area is 191 Å². The van der Waals surface area contributed by atoms with Crippen LogP contribution < -0.4 is 13.8 Å². The Morgan fingerprint density at radius 3 is 1.69 bits per heavy atom. The van der Waals surface area contributed by atoms with Crippen molar-refractivity contribution in [3.8, 4) is 11.5 Å². The van der Waals surface area contributed by atoms with Crippen molar-refractivity contribution in [3.63, 3.8) is 0 Å². The van der Waals surface area contributed by atoms with E-state index in [1.54, 1.807) is 96.4 Å². The van der Waals surface area contributed by atoms with Crippen molar-refractivity contribution in [1.82, 2.24) is 4.72 Å². The van der Waals surface area contributed by atoms with Gasteiger partial charge in [0.25, 0.3) is 0 Å². The first-order valence-electron chi connectivity index (χ1n) is 9.66. The average molecular weight is 486 g/mol. The molecule has 0 amide bonds. The third-order valence-corrected chi connectivity index (χ3v) is 9.10. The average Bonchev–Trinajstić information content (AvgIpc) is 3.34. The summed E-state index contributed by atoms with van der Waals surface area (Å²) in [7, 11) is -8.19. The van der Waals surface area contributed by atoms with Gasteiger partial charge in [0.05, 0.1) is 4.90 Å². The molecule has 4 rings (SSSR count). The van der Waals surface area contributed by atoms with Crippen LogP contribution in [0.4, 0.5) is 0 Å². The molecule has 9 heteroatoms. The van der Waals surface area contributed by atoms with Gasteiger partial charge in [-0.05, 0) is 47.8 Å². The van der Waals surface area contributed by atoms with Crippen LogP contribution >= 0.6 is 18.9 Å². The highest BCUT2D eigenvalue weighted by atomic mass is 32.2. The molecule has 6 nitrogen and oxygen atoms in total. The molecule has 0 radical (unpaired) electrons. The van der Waals surface area contributed by atoms with Crippen LogP contribution in [0.5, 0.6) is 11.5 Å². The Kier molecular flexibility index (Phi) is 6.77. The van der Waals surface area contributed by atoms with E-state index in [2.05, 4.69) is 4.72 Å². The monoisotopic (exact) mass is 485 g/mol. The molecule has 164 valence electrons. The summed E-state index contributed by atoms with van der Waals surface area (Å²) in [6.07, 6.45) is 0. The summed E-state index contributed by atoms with van der Waals surface area (Å²) in [4.78, 5) is 0.548. The Morgan fingerprint density at radius 1 is 0.719 bits per heavy atom. The van der Waals surface area contributed by atoms with Crippen LogP contribution in [-0.4, -0.2) is 8.42 Å². The fraction of sp³-hybridized carbons (Fsp3) is 0.0435. The molecule has 0 bridgehead atoms. The second kappa shape index (κ2) is 9.71. The van der Waals surface area contributed by atoms with Crippen LogP contribution in [0.1, 0.15) is 10.7 Å². The standard InChI is InChI=1S/C23H20NO5PS2/c25-30(28-19-11-4-1-5-12-19,29-20-13-6-2-7-14-20)23(22-17-10-18-31-22)24-32(26,27)21-15-8-3-9-16-21/h1-18,23-24H/t23-/m0/s1. The third kappa shape index (κ3) is 5.29. The number of para-hydroxylation sites is 2. The zero-order valence-corrected chi connectivity index (χ0v) is 19.3. The van der Waals surface area contributed by atoms with Crippen molar-refractivity contribution in [2.45, 2.75) is 10.7 Å². The van der Waals surface area contributed by atoms with Gasteiger partial charge in [0.1, 0.15) is 11.5 Å². The molecule has 0 aliphatic heterocycles. The van der Waals surface area contributed by atoms with Crippen molar-refractivity contribution in [1.29, 1.82) is 0 Å². The fourth-order valence-electron chi connectivity index (χ4n) is 2.92. The third-order valence-electron chi connectivity index (χ3n) is 4.40. The minimum Gasteiger partial charge on any atom is -0.415 e. The summed E-state index contributed by atoms with van der Waals surface area (Å²) >= 11 is 1.26. The number of hydrogen-bond acceptors (Lipinski definition) is 6. The fourth-order valence-corrected chi connectivity index (χ4v) is 7.71. The minimum atomic E-state index is -4.16. The van der Waals surface area contributed by atoms with Crippen LogP contribution in [0, 0.1) is 0 Å². The SMILES string of the molecule is O=P(Oc1ccccc1)(Oc1ccccc1)[C@H](NS(=O)(=O)c1ccccc1)c1cccs1. The molecule has 32 heavy (non-hydrogen) atoms. The molecule has 0 spiro atoms. The van der Waals surface area contributed by atoms with E-state index in [4.69, 9.17) is 9.05 Å². The molecular weight excluding hydrogens is 465 g/mol. The van der Waals surface area contributed by atoms with Crippen LogP contribution in [-0.2, 0) is 14.6 Å². The van der Waals surface area contributed by atoms with Gasteiger partial charge in [-0.25, -0.2) is 13.0 Å². The smallest absolute Gasteiger partial charge is 0.415 e. The molecule has 3 aromatic carbocycles. The summed E-state index contributed by atoms with van der Waals surface area (Å²) in [5.41, 5.74) is 0. The van der Waals surface area contributed by atoms with E-state index < -0.39 is 23.4 Å². The van der Waals surface area contributed by atoms with Crippen LogP contribution in [0.25, 0.3) is 0 Å². The molecular formula is C23H20NO5PS2. The minimum absolute atomic E-state index is 0.0486. The van der Waals surface area contributed by atoms with Gasteiger partial charge in [0.15, 0.2) is 5.78 Å². The Balaban J connectivity index is 1.79. The number of sulfonamides is 1. The van der Waals surface area contributed by atoms with Gasteiger partial charge in [0, 0.05) is 4.88 Å². The Bertz CT molecular complexity index is 1240. The predicted molar refractivity (Wildman–Crippen MR) is 126 cm³/mol. The number of thiophene rings is 1. The van der Waals surface area contributed by atoms with Crippen molar-refractivity contribution < 1.29 is 22.0 Å². The molecule has 0 fully saturated rings. The Morgan fingerprint density at radius 2 is 1.22 bits per heavy atom. The number of nitrogens with one attached hydrogen (secondary N) is 1. The van der Waals surface area contributed by atoms with Gasteiger partial charge in [-0.15, -0.1) is 11.3 Å². The van der Waals surface area contributed by atoms with Crippen LogP contribution in [0.3, 0.4) is 0 Å². The lowest BCUT2D eigenvalue weighted by Crippen LogP contribution is -2.30. The molecule has 0 aliphatic carbocycles. The molecule has 4 aromatic rings. The highest BCUT2D eigenvalue weighted by Gasteiger charge is 2.44. The number of hydrogen-bond donors (Lipinski definition) is 1. The summed E-state index contributed by atoms with van der Waals surface area (Å²) in [5.74, 6) is -0.674. The van der Waals surface area contributed by atoms with E-state index in [1.165, 1.54) is 23.5 Å². The quantitative estimate of drug-likeness (QED) is 0.291. The van der Waals surface area contributed by atoms with Crippen LogP contribution in [0.15, 0.2) is 113 Å². The lowest BCUT2D eigenvalue weighted by molar-refractivity contribution is 0.369. The molecule has 0 unspecified atom stereocenters. The molecule has 0 saturated heterocycles. The van der Waals surface area contributed by atoms with Crippen molar-refractivity contribution in [3.05, 3.63) is 113 Å². The lowest BCUT2D eigenvalue weighted by Gasteiger charge is -2.27. The zero-order valence-electron chi connectivity index (χ0n) is 16.8. The van der Waals surface area contributed by atoms with E-state index in [-0.39, 0.29) is 4.90 Å². The summed E-state index contributed by atoms with van der Waals surface area (Å²) in [5, 5.41) is 1.77. The van der Waals surface area contributed by atoms with Crippen molar-refractivity contribution in [2.75, 3.05) is 0 Å².